The van der Waals surface area contributed by atoms with Crippen molar-refractivity contribution in [1.82, 2.24) is 15.6 Å². The van der Waals surface area contributed by atoms with Crippen LogP contribution in [-0.4, -0.2) is 29.4 Å². The molecule has 0 fully saturated rings. The molecule has 22 heavy (non-hydrogen) atoms. The van der Waals surface area contributed by atoms with E-state index in [0.29, 0.717) is 11.4 Å². The molecule has 2 aromatic rings. The van der Waals surface area contributed by atoms with E-state index in [1.807, 2.05) is 33.8 Å². The highest BCUT2D eigenvalue weighted by atomic mass is 32.1. The van der Waals surface area contributed by atoms with Crippen molar-refractivity contribution in [3.05, 3.63) is 27.8 Å². The van der Waals surface area contributed by atoms with Gasteiger partial charge >= 0.3 is 0 Å². The van der Waals surface area contributed by atoms with Crippen LogP contribution in [0.3, 0.4) is 0 Å². The fraction of sp³-hybridized carbons (Fsp3) is 0.438. The van der Waals surface area contributed by atoms with Crippen molar-refractivity contribution in [2.45, 2.75) is 40.7 Å². The molecular formula is C16H21N3O2S. The maximum absolute atomic E-state index is 12.4. The summed E-state index contributed by atoms with van der Waals surface area (Å²) in [4.78, 5) is 30.2. The van der Waals surface area contributed by atoms with Gasteiger partial charge in [-0.2, -0.15) is 0 Å². The quantitative estimate of drug-likeness (QED) is 0.909. The molecule has 0 aromatic carbocycles. The Bertz CT molecular complexity index is 737. The van der Waals surface area contributed by atoms with Gasteiger partial charge in [-0.3, -0.25) is 9.59 Å². The van der Waals surface area contributed by atoms with Gasteiger partial charge < -0.3 is 10.6 Å². The van der Waals surface area contributed by atoms with Gasteiger partial charge in [0.15, 0.2) is 0 Å². The van der Waals surface area contributed by atoms with Crippen molar-refractivity contribution >= 4 is 33.4 Å². The lowest BCUT2D eigenvalue weighted by atomic mass is 10.1. The van der Waals surface area contributed by atoms with Gasteiger partial charge in [0.1, 0.15) is 10.9 Å². The first-order valence-corrected chi connectivity index (χ1v) is 8.12. The fourth-order valence-electron chi connectivity index (χ4n) is 2.49. The second kappa shape index (κ2) is 6.44. The molecule has 0 saturated heterocycles. The number of carbonyl (C=O) groups is 2. The van der Waals surface area contributed by atoms with Gasteiger partial charge in [-0.05, 0) is 51.8 Å². The molecule has 1 atom stereocenters. The average Bonchev–Trinajstić information content (AvgIpc) is 2.76. The van der Waals surface area contributed by atoms with E-state index in [2.05, 4.69) is 15.6 Å². The zero-order valence-electron chi connectivity index (χ0n) is 13.5. The van der Waals surface area contributed by atoms with E-state index < -0.39 is 6.04 Å². The van der Waals surface area contributed by atoms with Gasteiger partial charge in [0.25, 0.3) is 5.91 Å². The van der Waals surface area contributed by atoms with Crippen molar-refractivity contribution in [3.8, 4) is 0 Å². The first kappa shape index (κ1) is 16.4. The lowest BCUT2D eigenvalue weighted by molar-refractivity contribution is -0.122. The molecule has 2 amide bonds. The summed E-state index contributed by atoms with van der Waals surface area (Å²) in [5.41, 5.74) is 2.98. The van der Waals surface area contributed by atoms with Crippen LogP contribution < -0.4 is 10.6 Å². The van der Waals surface area contributed by atoms with Gasteiger partial charge in [-0.25, -0.2) is 4.98 Å². The fourth-order valence-corrected chi connectivity index (χ4v) is 3.70. The molecule has 0 aliphatic rings. The third kappa shape index (κ3) is 3.11. The van der Waals surface area contributed by atoms with E-state index in [1.54, 1.807) is 6.92 Å². The molecule has 6 heteroatoms. The Labute approximate surface area is 134 Å². The molecule has 0 unspecified atom stereocenters. The van der Waals surface area contributed by atoms with Crippen LogP contribution in [0.2, 0.25) is 0 Å². The van der Waals surface area contributed by atoms with Crippen LogP contribution in [0.15, 0.2) is 6.07 Å². The summed E-state index contributed by atoms with van der Waals surface area (Å²) in [6.45, 7) is 9.96. The van der Waals surface area contributed by atoms with Gasteiger partial charge in [0.2, 0.25) is 5.91 Å². The van der Waals surface area contributed by atoms with Gasteiger partial charge in [-0.1, -0.05) is 0 Å². The summed E-state index contributed by atoms with van der Waals surface area (Å²) in [5, 5.41) is 6.48. The summed E-state index contributed by atoms with van der Waals surface area (Å²) in [6.07, 6.45) is 0. The molecule has 2 aromatic heterocycles. The minimum Gasteiger partial charge on any atom is -0.355 e. The Balaban J connectivity index is 2.31. The largest absolute Gasteiger partial charge is 0.355 e. The standard InChI is InChI=1S/C16H21N3O2S/c1-6-17-14(20)11(5)19-15(21)13-10(4)12-8(2)7-9(3)18-16(12)22-13/h7,11H,6H2,1-5H3,(H,17,20)(H,19,21)/t11-/m0/s1. The highest BCUT2D eigenvalue weighted by Gasteiger charge is 2.21. The maximum Gasteiger partial charge on any atom is 0.262 e. The van der Waals surface area contributed by atoms with Crippen molar-refractivity contribution < 1.29 is 9.59 Å². The Hall–Kier alpha value is -1.95. The van der Waals surface area contributed by atoms with E-state index in [9.17, 15) is 9.59 Å². The number of hydrogen-bond acceptors (Lipinski definition) is 4. The van der Waals surface area contributed by atoms with Crippen LogP contribution >= 0.6 is 11.3 Å². The van der Waals surface area contributed by atoms with Crippen molar-refractivity contribution in [1.29, 1.82) is 0 Å². The minimum atomic E-state index is -0.562. The van der Waals surface area contributed by atoms with Crippen molar-refractivity contribution in [3.63, 3.8) is 0 Å². The molecule has 0 aliphatic heterocycles. The van der Waals surface area contributed by atoms with Crippen LogP contribution in [0.25, 0.3) is 10.2 Å². The van der Waals surface area contributed by atoms with E-state index >= 15 is 0 Å². The normalized spacial score (nSPS) is 12.2. The van der Waals surface area contributed by atoms with Crippen LogP contribution in [0.1, 0.15) is 40.3 Å². The summed E-state index contributed by atoms with van der Waals surface area (Å²) in [7, 11) is 0. The summed E-state index contributed by atoms with van der Waals surface area (Å²) in [6, 6.07) is 1.45. The highest BCUT2D eigenvalue weighted by molar-refractivity contribution is 7.20. The van der Waals surface area contributed by atoms with Crippen LogP contribution in [0, 0.1) is 20.8 Å². The molecule has 118 valence electrons. The number of pyridine rings is 1. The molecule has 0 aliphatic carbocycles. The Morgan fingerprint density at radius 2 is 2.00 bits per heavy atom. The third-order valence-electron chi connectivity index (χ3n) is 3.52. The molecular weight excluding hydrogens is 298 g/mol. The molecule has 0 radical (unpaired) electrons. The monoisotopic (exact) mass is 319 g/mol. The predicted octanol–water partition coefficient (Wildman–Crippen LogP) is 2.48. The van der Waals surface area contributed by atoms with Crippen molar-refractivity contribution in [2.24, 2.45) is 0 Å². The Morgan fingerprint density at radius 1 is 1.32 bits per heavy atom. The first-order valence-electron chi connectivity index (χ1n) is 7.31. The number of hydrogen-bond donors (Lipinski definition) is 2. The summed E-state index contributed by atoms with van der Waals surface area (Å²) in [5.74, 6) is -0.406. The van der Waals surface area contributed by atoms with Crippen molar-refractivity contribution in [2.75, 3.05) is 6.54 Å². The van der Waals surface area contributed by atoms with Crippen LogP contribution in [0.5, 0.6) is 0 Å². The molecule has 2 heterocycles. The third-order valence-corrected chi connectivity index (χ3v) is 4.71. The van der Waals surface area contributed by atoms with Crippen LogP contribution in [0.4, 0.5) is 0 Å². The van der Waals surface area contributed by atoms with E-state index in [-0.39, 0.29) is 11.8 Å². The number of nitrogens with one attached hydrogen (secondary N) is 2. The second-order valence-corrected chi connectivity index (χ2v) is 6.41. The molecule has 0 spiro atoms. The molecule has 0 bridgehead atoms. The number of aryl methyl sites for hydroxylation is 3. The topological polar surface area (TPSA) is 71.1 Å². The van der Waals surface area contributed by atoms with E-state index in [4.69, 9.17) is 0 Å². The number of aromatic nitrogens is 1. The first-order chi connectivity index (χ1) is 10.3. The molecule has 0 saturated carbocycles. The number of nitrogens with zero attached hydrogens (tertiary/aromatic N) is 1. The Morgan fingerprint density at radius 3 is 2.64 bits per heavy atom. The zero-order chi connectivity index (χ0) is 16.4. The number of thiophene rings is 1. The van der Waals surface area contributed by atoms with Gasteiger partial charge in [-0.15, -0.1) is 11.3 Å². The van der Waals surface area contributed by atoms with E-state index in [0.717, 1.165) is 27.0 Å². The average molecular weight is 319 g/mol. The Kier molecular flexibility index (Phi) is 4.81. The molecule has 2 rings (SSSR count). The molecule has 2 N–H and O–H groups in total. The minimum absolute atomic E-state index is 0.181. The zero-order valence-corrected chi connectivity index (χ0v) is 14.4. The number of rotatable bonds is 4. The lowest BCUT2D eigenvalue weighted by Gasteiger charge is -2.12. The smallest absolute Gasteiger partial charge is 0.262 e. The summed E-state index contributed by atoms with van der Waals surface area (Å²) >= 11 is 1.37. The predicted molar refractivity (Wildman–Crippen MR) is 89.4 cm³/mol. The van der Waals surface area contributed by atoms with Gasteiger partial charge in [0.05, 0.1) is 4.88 Å². The summed E-state index contributed by atoms with van der Waals surface area (Å²) < 4.78 is 0. The maximum atomic E-state index is 12.4. The number of fused-ring (bicyclic) bond motifs is 1. The number of amides is 2. The highest BCUT2D eigenvalue weighted by Crippen LogP contribution is 2.32. The van der Waals surface area contributed by atoms with Crippen LogP contribution in [-0.2, 0) is 4.79 Å². The number of likely N-dealkylation sites (N-methyl/N-ethyl adjacent to an activating group) is 1. The lowest BCUT2D eigenvalue weighted by Crippen LogP contribution is -2.44. The van der Waals surface area contributed by atoms with Gasteiger partial charge in [0, 0.05) is 17.6 Å². The number of carbonyl (C=O) groups excluding carboxylic acids is 2. The SMILES string of the molecule is CCNC(=O)[C@H](C)NC(=O)c1sc2nc(C)cc(C)c2c1C. The second-order valence-electron chi connectivity index (χ2n) is 5.41. The molecule has 5 nitrogen and oxygen atoms in total. The van der Waals surface area contributed by atoms with E-state index in [1.165, 1.54) is 11.3 Å².